The maximum absolute atomic E-state index is 12.9. The Balaban J connectivity index is 1.23. The highest BCUT2D eigenvalue weighted by atomic mass is 32.1. The highest BCUT2D eigenvalue weighted by Crippen LogP contribution is 2.27. The van der Waals surface area contributed by atoms with Crippen molar-refractivity contribution in [3.05, 3.63) is 88.9 Å². The zero-order valence-electron chi connectivity index (χ0n) is 20.5. The molecule has 0 saturated carbocycles. The average molecular weight is 510 g/mol. The second kappa shape index (κ2) is 11.3. The van der Waals surface area contributed by atoms with E-state index in [0.717, 1.165) is 43.3 Å². The smallest absolute Gasteiger partial charge is 0.255 e. The maximum Gasteiger partial charge on any atom is 0.255 e. The molecule has 37 heavy (non-hydrogen) atoms. The third-order valence-electron chi connectivity index (χ3n) is 6.26. The number of carbonyl (C=O) groups is 1. The minimum Gasteiger partial charge on any atom is -0.324 e. The lowest BCUT2D eigenvalue weighted by Gasteiger charge is -2.32. The zero-order chi connectivity index (χ0) is 25.6. The predicted molar refractivity (Wildman–Crippen MR) is 147 cm³/mol. The fourth-order valence-corrected chi connectivity index (χ4v) is 4.89. The highest BCUT2D eigenvalue weighted by Gasteiger charge is 2.15. The lowest BCUT2D eigenvalue weighted by atomic mass is 10.1. The lowest BCUT2D eigenvalue weighted by Crippen LogP contribution is -2.43. The van der Waals surface area contributed by atoms with Crippen LogP contribution in [0.3, 0.4) is 0 Å². The molecule has 2 aromatic heterocycles. The Bertz CT molecular complexity index is 1410. The summed E-state index contributed by atoms with van der Waals surface area (Å²) in [6.45, 7) is 5.19. The summed E-state index contributed by atoms with van der Waals surface area (Å²) in [6.07, 6.45) is 1.52. The Morgan fingerprint density at radius 2 is 1.84 bits per heavy atom. The van der Waals surface area contributed by atoms with Crippen molar-refractivity contribution < 1.29 is 4.79 Å². The van der Waals surface area contributed by atoms with Crippen LogP contribution in [0.15, 0.2) is 72.2 Å². The Morgan fingerprint density at radius 3 is 2.57 bits per heavy atom. The van der Waals surface area contributed by atoms with Gasteiger partial charge in [-0.2, -0.15) is 5.26 Å². The molecule has 0 aliphatic carbocycles. The number of anilines is 3. The third kappa shape index (κ3) is 6.19. The maximum atomic E-state index is 12.9. The number of nitrogens with one attached hydrogen (secondary N) is 2. The molecule has 1 saturated heterocycles. The predicted octanol–water partition coefficient (Wildman–Crippen LogP) is 4.82. The zero-order valence-corrected chi connectivity index (χ0v) is 21.3. The molecule has 0 spiro atoms. The molecule has 1 fully saturated rings. The molecule has 0 unspecified atom stereocenters. The van der Waals surface area contributed by atoms with Gasteiger partial charge in [0.15, 0.2) is 0 Å². The van der Waals surface area contributed by atoms with Gasteiger partial charge in [-0.25, -0.2) is 9.97 Å². The summed E-state index contributed by atoms with van der Waals surface area (Å²) in [5.74, 6) is 0.208. The van der Waals surface area contributed by atoms with E-state index in [4.69, 9.17) is 0 Å². The molecule has 0 atom stereocenters. The van der Waals surface area contributed by atoms with Gasteiger partial charge in [0.25, 0.3) is 5.91 Å². The van der Waals surface area contributed by atoms with Gasteiger partial charge in [0, 0.05) is 49.7 Å². The van der Waals surface area contributed by atoms with Gasteiger partial charge in [-0.1, -0.05) is 24.3 Å². The SMILES string of the molecule is CN1CCN(Cc2ccc(C(=O)Nc3cccc(Nc4ncc(C#N)c(-c5cccs5)n4)c3)cc2)CC1. The first kappa shape index (κ1) is 24.6. The van der Waals surface area contributed by atoms with E-state index in [2.05, 4.69) is 43.5 Å². The van der Waals surface area contributed by atoms with E-state index in [1.54, 1.807) is 0 Å². The number of amides is 1. The van der Waals surface area contributed by atoms with Crippen molar-refractivity contribution in [2.75, 3.05) is 43.9 Å². The molecule has 5 rings (SSSR count). The van der Waals surface area contributed by atoms with Gasteiger partial charge in [-0.15, -0.1) is 11.3 Å². The Hall–Kier alpha value is -4.10. The van der Waals surface area contributed by atoms with Crippen LogP contribution in [0.4, 0.5) is 17.3 Å². The molecular weight excluding hydrogens is 482 g/mol. The topological polar surface area (TPSA) is 97.2 Å². The van der Waals surface area contributed by atoms with Gasteiger partial charge in [-0.3, -0.25) is 9.69 Å². The Kier molecular flexibility index (Phi) is 7.51. The molecular formula is C28H27N7OS. The molecule has 0 bridgehead atoms. The van der Waals surface area contributed by atoms with E-state index in [1.165, 1.54) is 23.1 Å². The van der Waals surface area contributed by atoms with Crippen LogP contribution in [0.1, 0.15) is 21.5 Å². The number of nitriles is 1. The summed E-state index contributed by atoms with van der Waals surface area (Å²) in [6, 6.07) is 21.2. The first-order chi connectivity index (χ1) is 18.1. The fraction of sp³-hybridized carbons (Fsp3) is 0.214. The Morgan fingerprint density at radius 1 is 1.05 bits per heavy atom. The van der Waals surface area contributed by atoms with Crippen LogP contribution in [0.25, 0.3) is 10.6 Å². The molecule has 8 nitrogen and oxygen atoms in total. The van der Waals surface area contributed by atoms with Gasteiger partial charge in [0.1, 0.15) is 11.8 Å². The number of piperazine rings is 1. The molecule has 2 aromatic carbocycles. The Labute approximate surface area is 220 Å². The van der Waals surface area contributed by atoms with Gasteiger partial charge in [0.05, 0.1) is 16.6 Å². The number of benzene rings is 2. The minimum absolute atomic E-state index is 0.169. The molecule has 0 radical (unpaired) electrons. The summed E-state index contributed by atoms with van der Waals surface area (Å²) in [5.41, 5.74) is 4.21. The summed E-state index contributed by atoms with van der Waals surface area (Å²) >= 11 is 1.52. The van der Waals surface area contributed by atoms with Crippen molar-refractivity contribution in [1.82, 2.24) is 19.8 Å². The summed E-state index contributed by atoms with van der Waals surface area (Å²) in [7, 11) is 2.15. The first-order valence-electron chi connectivity index (χ1n) is 12.1. The van der Waals surface area contributed by atoms with Crippen LogP contribution in [0, 0.1) is 11.3 Å². The number of hydrogen-bond donors (Lipinski definition) is 2. The summed E-state index contributed by atoms with van der Waals surface area (Å²) in [4.78, 5) is 27.4. The van der Waals surface area contributed by atoms with Crippen molar-refractivity contribution in [1.29, 1.82) is 5.26 Å². The molecule has 4 aromatic rings. The van der Waals surface area contributed by atoms with Crippen molar-refractivity contribution in [2.24, 2.45) is 0 Å². The molecule has 9 heteroatoms. The second-order valence-electron chi connectivity index (χ2n) is 8.98. The average Bonchev–Trinajstić information content (AvgIpc) is 3.46. The van der Waals surface area contributed by atoms with E-state index in [1.807, 2.05) is 66.0 Å². The number of aromatic nitrogens is 2. The third-order valence-corrected chi connectivity index (χ3v) is 7.14. The fourth-order valence-electron chi connectivity index (χ4n) is 4.16. The van der Waals surface area contributed by atoms with Crippen LogP contribution in [-0.4, -0.2) is 58.9 Å². The van der Waals surface area contributed by atoms with Crippen LogP contribution in [-0.2, 0) is 6.54 Å². The largest absolute Gasteiger partial charge is 0.324 e. The van der Waals surface area contributed by atoms with Crippen molar-refractivity contribution in [3.8, 4) is 16.6 Å². The van der Waals surface area contributed by atoms with E-state index in [-0.39, 0.29) is 5.91 Å². The first-order valence-corrected chi connectivity index (χ1v) is 12.9. The van der Waals surface area contributed by atoms with Gasteiger partial charge >= 0.3 is 0 Å². The molecule has 2 N–H and O–H groups in total. The molecule has 1 amide bonds. The highest BCUT2D eigenvalue weighted by molar-refractivity contribution is 7.13. The van der Waals surface area contributed by atoms with Crippen molar-refractivity contribution in [2.45, 2.75) is 6.54 Å². The standard InChI is InChI=1S/C28H27N7OS/c1-34-11-13-35(14-12-34)19-20-7-9-21(10-8-20)27(36)31-23-4-2-5-24(16-23)32-28-30-18-22(17-29)26(33-28)25-6-3-15-37-25/h2-10,15-16,18H,11-14,19H2,1H3,(H,31,36)(H,30,32,33). The van der Waals surface area contributed by atoms with Crippen LogP contribution < -0.4 is 10.6 Å². The van der Waals surface area contributed by atoms with Crippen molar-refractivity contribution in [3.63, 3.8) is 0 Å². The van der Waals surface area contributed by atoms with Crippen molar-refractivity contribution >= 4 is 34.6 Å². The minimum atomic E-state index is -0.169. The molecule has 1 aliphatic heterocycles. The van der Waals surface area contributed by atoms with Gasteiger partial charge in [0.2, 0.25) is 5.95 Å². The van der Waals surface area contributed by atoms with Crippen LogP contribution >= 0.6 is 11.3 Å². The van der Waals surface area contributed by atoms with Crippen LogP contribution in [0.5, 0.6) is 0 Å². The molecule has 1 aliphatic rings. The quantitative estimate of drug-likeness (QED) is 0.369. The lowest BCUT2D eigenvalue weighted by molar-refractivity contribution is 0.102. The number of carbonyl (C=O) groups excluding carboxylic acids is 1. The van der Waals surface area contributed by atoms with E-state index in [9.17, 15) is 10.1 Å². The molecule has 3 heterocycles. The van der Waals surface area contributed by atoms with E-state index < -0.39 is 0 Å². The number of likely N-dealkylation sites (N-methyl/N-ethyl adjacent to an activating group) is 1. The van der Waals surface area contributed by atoms with E-state index >= 15 is 0 Å². The number of nitrogens with zero attached hydrogens (tertiary/aromatic N) is 5. The number of rotatable bonds is 7. The van der Waals surface area contributed by atoms with E-state index in [0.29, 0.717) is 28.5 Å². The summed E-state index contributed by atoms with van der Waals surface area (Å²) < 4.78 is 0. The van der Waals surface area contributed by atoms with Gasteiger partial charge in [-0.05, 0) is 54.4 Å². The second-order valence-corrected chi connectivity index (χ2v) is 9.93. The van der Waals surface area contributed by atoms with Crippen LogP contribution in [0.2, 0.25) is 0 Å². The molecule has 186 valence electrons. The monoisotopic (exact) mass is 509 g/mol. The van der Waals surface area contributed by atoms with Gasteiger partial charge < -0.3 is 15.5 Å². The number of thiophene rings is 1. The number of hydrogen-bond acceptors (Lipinski definition) is 8. The summed E-state index contributed by atoms with van der Waals surface area (Å²) in [5, 5.41) is 17.5. The normalized spacial score (nSPS) is 14.2.